The molecule has 0 atom stereocenters. The first-order valence-corrected chi connectivity index (χ1v) is 9.03. The zero-order valence-corrected chi connectivity index (χ0v) is 15.3. The number of hydroxylamine groups is 1. The minimum atomic E-state index is -3.93. The van der Waals surface area contributed by atoms with Crippen molar-refractivity contribution in [3.05, 3.63) is 59.9 Å². The molecule has 10 heteroatoms. The Morgan fingerprint density at radius 1 is 1.15 bits per heavy atom. The smallest absolute Gasteiger partial charge is 0.338 e. The Morgan fingerprint density at radius 2 is 1.85 bits per heavy atom. The second-order valence-electron chi connectivity index (χ2n) is 5.26. The summed E-state index contributed by atoms with van der Waals surface area (Å²) in [5.41, 5.74) is 0.158. The lowest BCUT2D eigenvalue weighted by molar-refractivity contribution is -0.119. The van der Waals surface area contributed by atoms with Gasteiger partial charge in [0.1, 0.15) is 5.82 Å². The van der Waals surface area contributed by atoms with Crippen molar-refractivity contribution in [1.29, 1.82) is 0 Å². The van der Waals surface area contributed by atoms with Gasteiger partial charge in [0.25, 0.3) is 15.9 Å². The van der Waals surface area contributed by atoms with Crippen molar-refractivity contribution < 1.29 is 32.0 Å². The van der Waals surface area contributed by atoms with Crippen LogP contribution in [0, 0.1) is 5.82 Å². The molecule has 2 aromatic carbocycles. The first kappa shape index (κ1) is 20.5. The van der Waals surface area contributed by atoms with Crippen LogP contribution in [0.5, 0.6) is 0 Å². The van der Waals surface area contributed by atoms with E-state index < -0.39 is 34.3 Å². The standard InChI is InChI=1S/C17H17FN2O6S/c1-20(25-2)27(23,24)15-8-3-5-12(9-15)17(22)26-11-16(21)19-14-7-4-6-13(18)10-14/h3-10H,11H2,1-2H3,(H,19,21). The number of rotatable bonds is 7. The van der Waals surface area contributed by atoms with Gasteiger partial charge in [0.05, 0.1) is 17.6 Å². The molecule has 2 rings (SSSR count). The summed E-state index contributed by atoms with van der Waals surface area (Å²) in [4.78, 5) is 28.3. The lowest BCUT2D eigenvalue weighted by atomic mass is 10.2. The predicted octanol–water partition coefficient (Wildman–Crippen LogP) is 1.80. The molecule has 1 N–H and O–H groups in total. The van der Waals surface area contributed by atoms with Gasteiger partial charge in [-0.2, -0.15) is 0 Å². The highest BCUT2D eigenvalue weighted by Crippen LogP contribution is 2.16. The van der Waals surface area contributed by atoms with Crippen molar-refractivity contribution in [3.8, 4) is 0 Å². The maximum Gasteiger partial charge on any atom is 0.338 e. The fourth-order valence-corrected chi connectivity index (χ4v) is 3.03. The number of carbonyl (C=O) groups is 2. The number of halogens is 1. The highest BCUT2D eigenvalue weighted by atomic mass is 32.2. The summed E-state index contributed by atoms with van der Waals surface area (Å²) in [6.07, 6.45) is 0. The van der Waals surface area contributed by atoms with Crippen LogP contribution < -0.4 is 5.32 Å². The number of benzene rings is 2. The minimum absolute atomic E-state index is 0.0564. The second-order valence-corrected chi connectivity index (χ2v) is 7.20. The van der Waals surface area contributed by atoms with Gasteiger partial charge >= 0.3 is 5.97 Å². The van der Waals surface area contributed by atoms with Gasteiger partial charge in [0.15, 0.2) is 6.61 Å². The first-order chi connectivity index (χ1) is 12.7. The van der Waals surface area contributed by atoms with Crippen LogP contribution in [0.2, 0.25) is 0 Å². The third-order valence-electron chi connectivity index (χ3n) is 3.41. The van der Waals surface area contributed by atoms with E-state index in [0.717, 1.165) is 12.1 Å². The molecular weight excluding hydrogens is 379 g/mol. The van der Waals surface area contributed by atoms with Gasteiger partial charge in [-0.05, 0) is 36.4 Å². The van der Waals surface area contributed by atoms with Gasteiger partial charge in [-0.15, -0.1) is 0 Å². The molecule has 1 amide bonds. The third-order valence-corrected chi connectivity index (χ3v) is 5.08. The van der Waals surface area contributed by atoms with E-state index in [-0.39, 0.29) is 16.1 Å². The first-order valence-electron chi connectivity index (χ1n) is 7.59. The van der Waals surface area contributed by atoms with Crippen molar-refractivity contribution in [3.63, 3.8) is 0 Å². The molecule has 0 heterocycles. The molecule has 0 aliphatic carbocycles. The van der Waals surface area contributed by atoms with Gasteiger partial charge in [0.2, 0.25) is 0 Å². The Kier molecular flexibility index (Phi) is 6.61. The predicted molar refractivity (Wildman–Crippen MR) is 93.7 cm³/mol. The van der Waals surface area contributed by atoms with Crippen LogP contribution in [0.25, 0.3) is 0 Å². The van der Waals surface area contributed by atoms with Crippen molar-refractivity contribution >= 4 is 27.6 Å². The normalized spacial score (nSPS) is 11.3. The number of ether oxygens (including phenoxy) is 1. The quantitative estimate of drug-likeness (QED) is 0.566. The van der Waals surface area contributed by atoms with Crippen LogP contribution in [0.4, 0.5) is 10.1 Å². The molecule has 0 aliphatic rings. The molecule has 8 nitrogen and oxygen atoms in total. The fraction of sp³-hybridized carbons (Fsp3) is 0.176. The van der Waals surface area contributed by atoms with E-state index in [1.807, 2.05) is 0 Å². The van der Waals surface area contributed by atoms with E-state index in [1.54, 1.807) is 0 Å². The monoisotopic (exact) mass is 396 g/mol. The molecule has 0 unspecified atom stereocenters. The number of nitrogens with zero attached hydrogens (tertiary/aromatic N) is 1. The van der Waals surface area contributed by atoms with Crippen LogP contribution in [0.1, 0.15) is 10.4 Å². The van der Waals surface area contributed by atoms with Crippen molar-refractivity contribution in [2.75, 3.05) is 26.1 Å². The molecule has 0 spiro atoms. The fourth-order valence-electron chi connectivity index (χ4n) is 2.01. The lowest BCUT2D eigenvalue weighted by Crippen LogP contribution is -2.26. The number of carbonyl (C=O) groups excluding carboxylic acids is 2. The van der Waals surface area contributed by atoms with E-state index >= 15 is 0 Å². The summed E-state index contributed by atoms with van der Waals surface area (Å²) in [6, 6.07) is 10.3. The van der Waals surface area contributed by atoms with E-state index in [0.29, 0.717) is 4.47 Å². The molecule has 144 valence electrons. The number of hydrogen-bond donors (Lipinski definition) is 1. The molecule has 0 saturated heterocycles. The Labute approximate surface area is 155 Å². The summed E-state index contributed by atoms with van der Waals surface area (Å²) in [5, 5.41) is 2.37. The number of anilines is 1. The Hall–Kier alpha value is -2.82. The molecule has 0 saturated carbocycles. The largest absolute Gasteiger partial charge is 0.452 e. The Balaban J connectivity index is 2.02. The second kappa shape index (κ2) is 8.71. The molecule has 0 aromatic heterocycles. The number of nitrogens with one attached hydrogen (secondary N) is 1. The average molecular weight is 396 g/mol. The summed E-state index contributed by atoms with van der Waals surface area (Å²) < 4.78 is 43.0. The maximum absolute atomic E-state index is 13.1. The highest BCUT2D eigenvalue weighted by molar-refractivity contribution is 7.89. The summed E-state index contributed by atoms with van der Waals surface area (Å²) in [6.45, 7) is -0.621. The van der Waals surface area contributed by atoms with Gasteiger partial charge in [-0.3, -0.25) is 9.63 Å². The van der Waals surface area contributed by atoms with Crippen LogP contribution >= 0.6 is 0 Å². The minimum Gasteiger partial charge on any atom is -0.452 e. The van der Waals surface area contributed by atoms with E-state index in [9.17, 15) is 22.4 Å². The van der Waals surface area contributed by atoms with Gasteiger partial charge < -0.3 is 10.1 Å². The van der Waals surface area contributed by atoms with Gasteiger partial charge in [-0.1, -0.05) is 16.6 Å². The average Bonchev–Trinajstić information content (AvgIpc) is 2.65. The highest BCUT2D eigenvalue weighted by Gasteiger charge is 2.22. The maximum atomic E-state index is 13.1. The number of sulfonamides is 1. The zero-order chi connectivity index (χ0) is 20.0. The summed E-state index contributed by atoms with van der Waals surface area (Å²) in [5.74, 6) is -2.08. The van der Waals surface area contributed by atoms with Crippen LogP contribution in [0.3, 0.4) is 0 Å². The molecule has 2 aromatic rings. The van der Waals surface area contributed by atoms with Crippen LogP contribution in [-0.2, 0) is 24.4 Å². The number of hydrogen-bond acceptors (Lipinski definition) is 6. The molecule has 0 fully saturated rings. The molecule has 27 heavy (non-hydrogen) atoms. The lowest BCUT2D eigenvalue weighted by Gasteiger charge is -2.14. The van der Waals surface area contributed by atoms with Crippen molar-refractivity contribution in [1.82, 2.24) is 4.47 Å². The Bertz CT molecular complexity index is 948. The van der Waals surface area contributed by atoms with E-state index in [2.05, 4.69) is 10.2 Å². The van der Waals surface area contributed by atoms with Crippen molar-refractivity contribution in [2.45, 2.75) is 4.90 Å². The Morgan fingerprint density at radius 3 is 2.52 bits per heavy atom. The number of esters is 1. The molecular formula is C17H17FN2O6S. The molecule has 0 radical (unpaired) electrons. The third kappa shape index (κ3) is 5.33. The van der Waals surface area contributed by atoms with Crippen LogP contribution in [0.15, 0.2) is 53.4 Å². The van der Waals surface area contributed by atoms with Crippen LogP contribution in [-0.4, -0.2) is 45.5 Å². The van der Waals surface area contributed by atoms with Gasteiger partial charge in [0, 0.05) is 12.7 Å². The molecule has 0 bridgehead atoms. The summed E-state index contributed by atoms with van der Waals surface area (Å²) >= 11 is 0. The molecule has 0 aliphatic heterocycles. The zero-order valence-electron chi connectivity index (χ0n) is 14.5. The van der Waals surface area contributed by atoms with Gasteiger partial charge in [-0.25, -0.2) is 17.6 Å². The SMILES string of the molecule is CON(C)S(=O)(=O)c1cccc(C(=O)OCC(=O)Nc2cccc(F)c2)c1. The number of amides is 1. The topological polar surface area (TPSA) is 102 Å². The van der Waals surface area contributed by atoms with E-state index in [4.69, 9.17) is 4.74 Å². The van der Waals surface area contributed by atoms with Crippen molar-refractivity contribution in [2.24, 2.45) is 0 Å². The van der Waals surface area contributed by atoms with E-state index in [1.165, 1.54) is 50.6 Å². The summed E-state index contributed by atoms with van der Waals surface area (Å²) in [7, 11) is -1.54.